The molecule has 0 aliphatic heterocycles. The van der Waals surface area contributed by atoms with Crippen LogP contribution in [0.3, 0.4) is 0 Å². The lowest BCUT2D eigenvalue weighted by atomic mass is 9.96. The summed E-state index contributed by atoms with van der Waals surface area (Å²) in [5.41, 5.74) is 6.84. The van der Waals surface area contributed by atoms with Gasteiger partial charge in [0.15, 0.2) is 0 Å². The molecule has 0 heterocycles. The van der Waals surface area contributed by atoms with E-state index in [1.165, 1.54) is 5.56 Å². The summed E-state index contributed by atoms with van der Waals surface area (Å²) in [6.07, 6.45) is 0. The second kappa shape index (κ2) is 7.14. The van der Waals surface area contributed by atoms with Crippen LogP contribution in [0.1, 0.15) is 11.1 Å². The SMILES string of the molecule is NCC(O)(CSCc1ccc(Cl)cc1)c1ccccc1. The van der Waals surface area contributed by atoms with E-state index in [9.17, 15) is 5.11 Å². The van der Waals surface area contributed by atoms with Gasteiger partial charge in [0.25, 0.3) is 0 Å². The first-order valence-corrected chi connectivity index (χ1v) is 7.97. The molecule has 106 valence electrons. The van der Waals surface area contributed by atoms with Crippen molar-refractivity contribution in [1.29, 1.82) is 0 Å². The maximum atomic E-state index is 10.6. The molecule has 2 aromatic rings. The quantitative estimate of drug-likeness (QED) is 0.859. The molecule has 20 heavy (non-hydrogen) atoms. The molecule has 0 bridgehead atoms. The Morgan fingerprint density at radius 3 is 2.30 bits per heavy atom. The highest BCUT2D eigenvalue weighted by Gasteiger charge is 2.27. The zero-order chi connectivity index (χ0) is 14.4. The number of halogens is 1. The van der Waals surface area contributed by atoms with Crippen molar-refractivity contribution in [3.63, 3.8) is 0 Å². The molecule has 3 N–H and O–H groups in total. The smallest absolute Gasteiger partial charge is 0.111 e. The van der Waals surface area contributed by atoms with Gasteiger partial charge in [-0.2, -0.15) is 11.8 Å². The Morgan fingerprint density at radius 2 is 1.70 bits per heavy atom. The van der Waals surface area contributed by atoms with Gasteiger partial charge in [0.05, 0.1) is 0 Å². The van der Waals surface area contributed by atoms with Gasteiger partial charge >= 0.3 is 0 Å². The van der Waals surface area contributed by atoms with Crippen LogP contribution < -0.4 is 5.73 Å². The Bertz CT molecular complexity index is 532. The van der Waals surface area contributed by atoms with Crippen LogP contribution in [-0.4, -0.2) is 17.4 Å². The zero-order valence-electron chi connectivity index (χ0n) is 11.1. The molecule has 1 unspecified atom stereocenters. The van der Waals surface area contributed by atoms with Gasteiger partial charge in [-0.05, 0) is 23.3 Å². The third kappa shape index (κ3) is 4.00. The molecular weight excluding hydrogens is 290 g/mol. The summed E-state index contributed by atoms with van der Waals surface area (Å²) >= 11 is 7.52. The first-order valence-electron chi connectivity index (χ1n) is 6.44. The van der Waals surface area contributed by atoms with Crippen LogP contribution in [0.5, 0.6) is 0 Å². The van der Waals surface area contributed by atoms with E-state index >= 15 is 0 Å². The number of benzene rings is 2. The minimum Gasteiger partial charge on any atom is -0.383 e. The molecule has 2 rings (SSSR count). The zero-order valence-corrected chi connectivity index (χ0v) is 12.7. The van der Waals surface area contributed by atoms with Crippen LogP contribution in [-0.2, 0) is 11.4 Å². The maximum absolute atomic E-state index is 10.6. The van der Waals surface area contributed by atoms with Gasteiger partial charge in [0.2, 0.25) is 0 Å². The average Bonchev–Trinajstić information content (AvgIpc) is 2.50. The van der Waals surface area contributed by atoms with E-state index in [1.54, 1.807) is 11.8 Å². The van der Waals surface area contributed by atoms with E-state index < -0.39 is 5.60 Å². The Labute approximate surface area is 129 Å². The topological polar surface area (TPSA) is 46.2 Å². The molecule has 1 atom stereocenters. The van der Waals surface area contributed by atoms with Gasteiger partial charge in [-0.1, -0.05) is 54.1 Å². The Balaban J connectivity index is 1.96. The van der Waals surface area contributed by atoms with E-state index in [0.29, 0.717) is 5.75 Å². The van der Waals surface area contributed by atoms with Gasteiger partial charge < -0.3 is 10.8 Å². The Morgan fingerprint density at radius 1 is 1.05 bits per heavy atom. The lowest BCUT2D eigenvalue weighted by Gasteiger charge is -2.26. The molecule has 0 amide bonds. The van der Waals surface area contributed by atoms with Crippen LogP contribution >= 0.6 is 23.4 Å². The van der Waals surface area contributed by atoms with Crippen molar-refractivity contribution in [1.82, 2.24) is 0 Å². The summed E-state index contributed by atoms with van der Waals surface area (Å²) in [5, 5.41) is 11.4. The Hall–Kier alpha value is -1.00. The molecule has 0 aliphatic rings. The van der Waals surface area contributed by atoms with E-state index in [2.05, 4.69) is 0 Å². The summed E-state index contributed by atoms with van der Waals surface area (Å²) in [5.74, 6) is 1.39. The van der Waals surface area contributed by atoms with Crippen LogP contribution in [0.15, 0.2) is 54.6 Å². The fraction of sp³-hybridized carbons (Fsp3) is 0.250. The molecule has 0 saturated carbocycles. The summed E-state index contributed by atoms with van der Waals surface area (Å²) in [6.45, 7) is 0.213. The van der Waals surface area contributed by atoms with Crippen LogP contribution in [0.2, 0.25) is 5.02 Å². The summed E-state index contributed by atoms with van der Waals surface area (Å²) < 4.78 is 0. The molecule has 0 radical (unpaired) electrons. The van der Waals surface area contributed by atoms with Crippen LogP contribution in [0.25, 0.3) is 0 Å². The van der Waals surface area contributed by atoms with Crippen LogP contribution in [0.4, 0.5) is 0 Å². The van der Waals surface area contributed by atoms with Gasteiger partial charge in [0, 0.05) is 23.1 Å². The number of hydrogen-bond acceptors (Lipinski definition) is 3. The van der Waals surface area contributed by atoms with Crippen LogP contribution in [0, 0.1) is 0 Å². The highest BCUT2D eigenvalue weighted by molar-refractivity contribution is 7.98. The number of thioether (sulfide) groups is 1. The summed E-state index contributed by atoms with van der Waals surface area (Å²) in [4.78, 5) is 0. The third-order valence-electron chi connectivity index (χ3n) is 3.17. The highest BCUT2D eigenvalue weighted by Crippen LogP contribution is 2.26. The lowest BCUT2D eigenvalue weighted by Crippen LogP contribution is -2.37. The first-order chi connectivity index (χ1) is 9.64. The van der Waals surface area contributed by atoms with Gasteiger partial charge in [-0.25, -0.2) is 0 Å². The van der Waals surface area contributed by atoms with Crippen molar-refractivity contribution in [3.8, 4) is 0 Å². The molecule has 0 aromatic heterocycles. The van der Waals surface area contributed by atoms with Crippen molar-refractivity contribution < 1.29 is 5.11 Å². The second-order valence-corrected chi connectivity index (χ2v) is 6.14. The van der Waals surface area contributed by atoms with Crippen molar-refractivity contribution in [2.24, 2.45) is 5.73 Å². The normalized spacial score (nSPS) is 13.9. The molecular formula is C16H18ClNOS. The fourth-order valence-electron chi connectivity index (χ4n) is 1.93. The number of hydrogen-bond donors (Lipinski definition) is 2. The predicted molar refractivity (Wildman–Crippen MR) is 87.0 cm³/mol. The van der Waals surface area contributed by atoms with Gasteiger partial charge in [-0.15, -0.1) is 0 Å². The van der Waals surface area contributed by atoms with Crippen molar-refractivity contribution >= 4 is 23.4 Å². The van der Waals surface area contributed by atoms with Crippen molar-refractivity contribution in [2.45, 2.75) is 11.4 Å². The standard InChI is InChI=1S/C16H18ClNOS/c17-15-8-6-13(7-9-15)10-20-12-16(19,11-18)14-4-2-1-3-5-14/h1-9,19H,10-12,18H2. The van der Waals surface area contributed by atoms with E-state index in [1.807, 2.05) is 54.6 Å². The third-order valence-corrected chi connectivity index (χ3v) is 4.64. The molecule has 0 spiro atoms. The Kier molecular flexibility index (Phi) is 5.49. The molecule has 2 nitrogen and oxygen atoms in total. The second-order valence-electron chi connectivity index (χ2n) is 4.72. The van der Waals surface area contributed by atoms with Gasteiger partial charge in [-0.3, -0.25) is 0 Å². The van der Waals surface area contributed by atoms with Crippen molar-refractivity contribution in [3.05, 3.63) is 70.7 Å². The molecule has 0 fully saturated rings. The minimum absolute atomic E-state index is 0.213. The number of nitrogens with two attached hydrogens (primary N) is 1. The minimum atomic E-state index is -0.974. The molecule has 2 aromatic carbocycles. The summed E-state index contributed by atoms with van der Waals surface area (Å²) in [7, 11) is 0. The van der Waals surface area contributed by atoms with E-state index in [0.717, 1.165) is 16.3 Å². The lowest BCUT2D eigenvalue weighted by molar-refractivity contribution is 0.0721. The average molecular weight is 308 g/mol. The van der Waals surface area contributed by atoms with Gasteiger partial charge in [0.1, 0.15) is 5.60 Å². The molecule has 4 heteroatoms. The highest BCUT2D eigenvalue weighted by atomic mass is 35.5. The van der Waals surface area contributed by atoms with E-state index in [4.69, 9.17) is 17.3 Å². The number of aliphatic hydroxyl groups is 1. The largest absolute Gasteiger partial charge is 0.383 e. The monoisotopic (exact) mass is 307 g/mol. The molecule has 0 saturated heterocycles. The molecule has 0 aliphatic carbocycles. The summed E-state index contributed by atoms with van der Waals surface area (Å²) in [6, 6.07) is 17.3. The van der Waals surface area contributed by atoms with Crippen molar-refractivity contribution in [2.75, 3.05) is 12.3 Å². The number of rotatable bonds is 6. The fourth-order valence-corrected chi connectivity index (χ4v) is 3.21. The predicted octanol–water partition coefficient (Wildman–Crippen LogP) is 3.42. The first kappa shape index (κ1) is 15.4. The van der Waals surface area contributed by atoms with E-state index in [-0.39, 0.29) is 6.54 Å². The maximum Gasteiger partial charge on any atom is 0.111 e.